The topological polar surface area (TPSA) is 54.3 Å². The first-order chi connectivity index (χ1) is 14.7. The van der Waals surface area contributed by atoms with Crippen LogP contribution in [0.4, 0.5) is 0 Å². The minimum atomic E-state index is -0.0731. The molecule has 0 bridgehead atoms. The molecule has 0 aromatic heterocycles. The van der Waals surface area contributed by atoms with Gasteiger partial charge in [0.15, 0.2) is 6.61 Å². The number of rotatable bonds is 3. The van der Waals surface area contributed by atoms with E-state index in [1.54, 1.807) is 18.1 Å². The highest BCUT2D eigenvalue weighted by Crippen LogP contribution is 2.44. The van der Waals surface area contributed by atoms with Crippen LogP contribution < -0.4 is 0 Å². The first-order valence-corrected chi connectivity index (χ1v) is 11.6. The number of benzene rings is 2. The van der Waals surface area contributed by atoms with Gasteiger partial charge in [-0.05, 0) is 46.2 Å². The normalized spacial score (nSPS) is 22.1. The van der Waals surface area contributed by atoms with E-state index in [-0.39, 0.29) is 23.8 Å². The number of thioether (sulfide) groups is 1. The lowest BCUT2D eigenvalue weighted by molar-refractivity contribution is -0.134. The van der Waals surface area contributed by atoms with Crippen molar-refractivity contribution in [3.8, 4) is 0 Å². The van der Waals surface area contributed by atoms with Crippen LogP contribution in [0.2, 0.25) is 0 Å². The molecule has 0 saturated heterocycles. The Balaban J connectivity index is 1.27. The quantitative estimate of drug-likeness (QED) is 0.647. The molecule has 3 aliphatic heterocycles. The maximum atomic E-state index is 12.8. The minimum absolute atomic E-state index is 0.00363. The number of amides is 1. The second-order valence-corrected chi connectivity index (χ2v) is 9.35. The Labute approximate surface area is 188 Å². The van der Waals surface area contributed by atoms with Crippen molar-refractivity contribution in [2.45, 2.75) is 18.3 Å². The summed E-state index contributed by atoms with van der Waals surface area (Å²) in [6, 6.07) is 16.5. The maximum Gasteiger partial charge on any atom is 0.260 e. The van der Waals surface area contributed by atoms with Gasteiger partial charge in [0.05, 0.1) is 5.92 Å². The smallest absolute Gasteiger partial charge is 0.260 e. The summed E-state index contributed by atoms with van der Waals surface area (Å²) in [5, 5.41) is 2.14. The molecule has 0 unspecified atom stereocenters. The van der Waals surface area contributed by atoms with Crippen LogP contribution in [-0.4, -0.2) is 41.6 Å². The van der Waals surface area contributed by atoms with E-state index in [2.05, 4.69) is 61.7 Å². The molecule has 2 atom stereocenters. The van der Waals surface area contributed by atoms with Crippen LogP contribution in [0.3, 0.4) is 0 Å². The van der Waals surface area contributed by atoms with Crippen molar-refractivity contribution in [2.24, 2.45) is 15.9 Å². The first-order valence-electron chi connectivity index (χ1n) is 9.87. The highest BCUT2D eigenvalue weighted by Gasteiger charge is 2.38. The van der Waals surface area contributed by atoms with E-state index in [0.29, 0.717) is 12.4 Å². The third-order valence-corrected chi connectivity index (χ3v) is 7.22. The second-order valence-electron chi connectivity index (χ2n) is 7.44. The average molecular weight is 482 g/mol. The largest absolute Gasteiger partial charge is 0.470 e. The van der Waals surface area contributed by atoms with E-state index >= 15 is 0 Å². The molecule has 0 aliphatic carbocycles. The van der Waals surface area contributed by atoms with Crippen molar-refractivity contribution in [2.75, 3.05) is 13.2 Å². The van der Waals surface area contributed by atoms with Gasteiger partial charge in [0.1, 0.15) is 11.7 Å². The van der Waals surface area contributed by atoms with Crippen molar-refractivity contribution in [1.29, 1.82) is 0 Å². The predicted molar refractivity (Wildman–Crippen MR) is 124 cm³/mol. The van der Waals surface area contributed by atoms with Gasteiger partial charge >= 0.3 is 0 Å². The highest BCUT2D eigenvalue weighted by molar-refractivity contribution is 9.10. The van der Waals surface area contributed by atoms with Gasteiger partial charge < -0.3 is 9.64 Å². The van der Waals surface area contributed by atoms with Crippen molar-refractivity contribution in [3.05, 3.63) is 75.1 Å². The lowest BCUT2D eigenvalue weighted by atomic mass is 9.93. The zero-order chi connectivity index (χ0) is 20.5. The Hall–Kier alpha value is -2.38. The summed E-state index contributed by atoms with van der Waals surface area (Å²) in [5.74, 6) is 0.488. The molecule has 2 aromatic rings. The Kier molecular flexibility index (Phi) is 5.48. The van der Waals surface area contributed by atoms with E-state index in [1.807, 2.05) is 23.1 Å². The molecular formula is C23H20BrN3O2S. The van der Waals surface area contributed by atoms with Crippen LogP contribution in [-0.2, 0) is 22.5 Å². The fourth-order valence-corrected chi connectivity index (χ4v) is 5.39. The van der Waals surface area contributed by atoms with Crippen molar-refractivity contribution < 1.29 is 9.53 Å². The van der Waals surface area contributed by atoms with Gasteiger partial charge in [-0.3, -0.25) is 9.79 Å². The molecule has 0 spiro atoms. The molecule has 3 aliphatic rings. The second kappa shape index (κ2) is 8.40. The van der Waals surface area contributed by atoms with Gasteiger partial charge in [-0.25, -0.2) is 4.99 Å². The standard InChI is InChI=1S/C23H20BrN3O2S/c24-18-7-5-16(6-8-18)19-13-30-23-21(19)22(25-14-26-23)29-12-20(28)27-10-9-15-3-1-2-4-17(15)11-27/h1-8,13-14,21,23H,9-12H2/t21-,23-/m0/s1. The van der Waals surface area contributed by atoms with Gasteiger partial charge in [-0.15, -0.1) is 11.8 Å². The molecule has 152 valence electrons. The van der Waals surface area contributed by atoms with Crippen LogP contribution in [0.15, 0.2) is 68.4 Å². The first kappa shape index (κ1) is 19.6. The predicted octanol–water partition coefficient (Wildman–Crippen LogP) is 4.52. The highest BCUT2D eigenvalue weighted by atomic mass is 79.9. The molecule has 5 nitrogen and oxygen atoms in total. The van der Waals surface area contributed by atoms with Gasteiger partial charge in [0.25, 0.3) is 5.91 Å². The maximum absolute atomic E-state index is 12.8. The molecule has 0 fully saturated rings. The van der Waals surface area contributed by atoms with Crippen molar-refractivity contribution in [1.82, 2.24) is 4.90 Å². The number of fused-ring (bicyclic) bond motifs is 2. The van der Waals surface area contributed by atoms with Crippen LogP contribution in [0.1, 0.15) is 16.7 Å². The van der Waals surface area contributed by atoms with E-state index in [1.165, 1.54) is 11.1 Å². The summed E-state index contributed by atoms with van der Waals surface area (Å²) in [4.78, 5) is 23.6. The molecule has 30 heavy (non-hydrogen) atoms. The van der Waals surface area contributed by atoms with Crippen LogP contribution in [0.5, 0.6) is 0 Å². The fraction of sp³-hybridized carbons (Fsp3) is 0.261. The molecule has 3 heterocycles. The Morgan fingerprint density at radius 3 is 2.80 bits per heavy atom. The summed E-state index contributed by atoms with van der Waals surface area (Å²) < 4.78 is 7.02. The molecule has 0 saturated carbocycles. The number of aliphatic imine (C=N–C) groups is 2. The summed E-state index contributed by atoms with van der Waals surface area (Å²) in [6.07, 6.45) is 2.43. The van der Waals surface area contributed by atoms with Gasteiger partial charge in [-0.1, -0.05) is 52.3 Å². The van der Waals surface area contributed by atoms with Crippen molar-refractivity contribution in [3.63, 3.8) is 0 Å². The molecule has 0 N–H and O–H groups in total. The van der Waals surface area contributed by atoms with Crippen LogP contribution >= 0.6 is 27.7 Å². The van der Waals surface area contributed by atoms with Crippen LogP contribution in [0.25, 0.3) is 5.57 Å². The average Bonchev–Trinajstić information content (AvgIpc) is 3.22. The van der Waals surface area contributed by atoms with Gasteiger partial charge in [0.2, 0.25) is 5.90 Å². The van der Waals surface area contributed by atoms with Crippen molar-refractivity contribution >= 4 is 51.4 Å². The third-order valence-electron chi connectivity index (χ3n) is 5.62. The van der Waals surface area contributed by atoms with E-state index in [4.69, 9.17) is 4.74 Å². The Bertz CT molecular complexity index is 1060. The monoisotopic (exact) mass is 481 g/mol. The molecule has 5 rings (SSSR count). The zero-order valence-corrected chi connectivity index (χ0v) is 18.6. The molecule has 2 aromatic carbocycles. The summed E-state index contributed by atoms with van der Waals surface area (Å²) in [6.45, 7) is 1.35. The van der Waals surface area contributed by atoms with Gasteiger partial charge in [-0.2, -0.15) is 0 Å². The zero-order valence-electron chi connectivity index (χ0n) is 16.2. The van der Waals surface area contributed by atoms with E-state index in [0.717, 1.165) is 28.6 Å². The lowest BCUT2D eigenvalue weighted by Gasteiger charge is -2.29. The fourth-order valence-electron chi connectivity index (χ4n) is 4.01. The summed E-state index contributed by atoms with van der Waals surface area (Å²) in [7, 11) is 0. The van der Waals surface area contributed by atoms with Crippen LogP contribution in [0, 0.1) is 5.92 Å². The van der Waals surface area contributed by atoms with E-state index < -0.39 is 0 Å². The van der Waals surface area contributed by atoms with E-state index in [9.17, 15) is 4.79 Å². The summed E-state index contributed by atoms with van der Waals surface area (Å²) in [5.41, 5.74) is 4.79. The number of nitrogens with zero attached hydrogens (tertiary/aromatic N) is 3. The minimum Gasteiger partial charge on any atom is -0.470 e. The number of ether oxygens (including phenoxy) is 1. The van der Waals surface area contributed by atoms with Gasteiger partial charge in [0, 0.05) is 17.6 Å². The Morgan fingerprint density at radius 2 is 1.97 bits per heavy atom. The number of carbonyl (C=O) groups excluding carboxylic acids is 1. The lowest BCUT2D eigenvalue weighted by Crippen LogP contribution is -2.39. The SMILES string of the molecule is O=C(COC1=NC=N[C@H]2SC=C(c3ccc(Br)cc3)[C@@H]12)N1CCc2ccccc2C1. The number of hydrogen-bond donors (Lipinski definition) is 0. The number of hydrogen-bond acceptors (Lipinski definition) is 5. The summed E-state index contributed by atoms with van der Waals surface area (Å²) >= 11 is 5.15. The molecular weight excluding hydrogens is 462 g/mol. The third kappa shape index (κ3) is 3.84. The molecule has 0 radical (unpaired) electrons. The Morgan fingerprint density at radius 1 is 1.17 bits per heavy atom. The molecule has 1 amide bonds. The number of carbonyl (C=O) groups is 1. The number of halogens is 1. The molecule has 7 heteroatoms.